The van der Waals surface area contributed by atoms with Gasteiger partial charge >= 0.3 is 0 Å². The Morgan fingerprint density at radius 2 is 2.04 bits per heavy atom. The summed E-state index contributed by atoms with van der Waals surface area (Å²) in [5.41, 5.74) is 2.18. The summed E-state index contributed by atoms with van der Waals surface area (Å²) in [5.74, 6) is -0.0929. The molecule has 3 rings (SSSR count). The highest BCUT2D eigenvalue weighted by Crippen LogP contribution is 2.25. The second-order valence-corrected chi connectivity index (χ2v) is 7.02. The minimum absolute atomic E-state index is 0.0851. The minimum Gasteiger partial charge on any atom is -0.323 e. The Hall–Kier alpha value is -2.38. The van der Waals surface area contributed by atoms with Gasteiger partial charge in [0.15, 0.2) is 11.0 Å². The SMILES string of the molecule is Cc1ccccc1-c1nnc(SCC(=O)Nc2ccc(Cl)cc2F)n1C. The first kappa shape index (κ1) is 18.4. The van der Waals surface area contributed by atoms with Gasteiger partial charge in [-0.3, -0.25) is 4.79 Å². The van der Waals surface area contributed by atoms with Crippen molar-refractivity contribution in [1.82, 2.24) is 14.8 Å². The highest BCUT2D eigenvalue weighted by molar-refractivity contribution is 7.99. The molecular formula is C18H16ClFN4OS. The number of benzene rings is 2. The lowest BCUT2D eigenvalue weighted by Gasteiger charge is -2.07. The molecule has 0 aliphatic carbocycles. The number of thioether (sulfide) groups is 1. The lowest BCUT2D eigenvalue weighted by Crippen LogP contribution is -2.15. The van der Waals surface area contributed by atoms with Crippen LogP contribution in [0.3, 0.4) is 0 Å². The van der Waals surface area contributed by atoms with Crippen LogP contribution in [0.4, 0.5) is 10.1 Å². The van der Waals surface area contributed by atoms with E-state index in [0.29, 0.717) is 5.16 Å². The summed E-state index contributed by atoms with van der Waals surface area (Å²) in [7, 11) is 1.85. The standard InChI is InChI=1S/C18H16ClFN4OS/c1-11-5-3-4-6-13(11)17-22-23-18(24(17)2)26-10-16(25)21-15-8-7-12(19)9-14(15)20/h3-9H,10H2,1-2H3,(H,21,25). The average Bonchev–Trinajstić information content (AvgIpc) is 2.97. The number of aryl methyl sites for hydroxylation is 1. The van der Waals surface area contributed by atoms with Crippen LogP contribution in [-0.4, -0.2) is 26.4 Å². The molecule has 0 atom stereocenters. The van der Waals surface area contributed by atoms with Gasteiger partial charge in [-0.05, 0) is 30.7 Å². The van der Waals surface area contributed by atoms with E-state index in [1.54, 1.807) is 0 Å². The fraction of sp³-hybridized carbons (Fsp3) is 0.167. The van der Waals surface area contributed by atoms with Gasteiger partial charge in [0.05, 0.1) is 11.4 Å². The lowest BCUT2D eigenvalue weighted by atomic mass is 10.1. The molecule has 2 aromatic carbocycles. The molecule has 134 valence electrons. The van der Waals surface area contributed by atoms with Gasteiger partial charge in [-0.2, -0.15) is 0 Å². The van der Waals surface area contributed by atoms with Gasteiger partial charge in [-0.25, -0.2) is 4.39 Å². The molecule has 0 radical (unpaired) electrons. The summed E-state index contributed by atoms with van der Waals surface area (Å²) >= 11 is 6.93. The van der Waals surface area contributed by atoms with Gasteiger partial charge in [-0.15, -0.1) is 10.2 Å². The second kappa shape index (κ2) is 7.88. The smallest absolute Gasteiger partial charge is 0.234 e. The van der Waals surface area contributed by atoms with Gasteiger partial charge in [0.1, 0.15) is 5.82 Å². The molecule has 3 aromatic rings. The Kier molecular flexibility index (Phi) is 5.58. The molecule has 0 aliphatic heterocycles. The van der Waals surface area contributed by atoms with Gasteiger partial charge in [-0.1, -0.05) is 47.6 Å². The van der Waals surface area contributed by atoms with Crippen LogP contribution >= 0.6 is 23.4 Å². The van der Waals surface area contributed by atoms with Crippen LogP contribution in [0.25, 0.3) is 11.4 Å². The number of nitrogens with one attached hydrogen (secondary N) is 1. The molecule has 1 N–H and O–H groups in total. The summed E-state index contributed by atoms with van der Waals surface area (Å²) < 4.78 is 15.6. The van der Waals surface area contributed by atoms with Gasteiger partial charge in [0, 0.05) is 17.6 Å². The number of halogens is 2. The topological polar surface area (TPSA) is 59.8 Å². The summed E-state index contributed by atoms with van der Waals surface area (Å²) in [6.45, 7) is 2.00. The first-order valence-electron chi connectivity index (χ1n) is 7.79. The number of hydrogen-bond donors (Lipinski definition) is 1. The molecule has 0 saturated carbocycles. The molecule has 0 unspecified atom stereocenters. The van der Waals surface area contributed by atoms with Crippen molar-refractivity contribution in [2.24, 2.45) is 7.05 Å². The maximum atomic E-state index is 13.7. The van der Waals surface area contributed by atoms with E-state index in [1.165, 1.54) is 23.9 Å². The molecule has 0 aliphatic rings. The van der Waals surface area contributed by atoms with E-state index in [4.69, 9.17) is 11.6 Å². The van der Waals surface area contributed by atoms with Crippen molar-refractivity contribution in [1.29, 1.82) is 0 Å². The number of amides is 1. The monoisotopic (exact) mass is 390 g/mol. The zero-order valence-corrected chi connectivity index (χ0v) is 15.7. The Morgan fingerprint density at radius 3 is 2.77 bits per heavy atom. The van der Waals surface area contributed by atoms with E-state index < -0.39 is 5.82 Å². The largest absolute Gasteiger partial charge is 0.323 e. The van der Waals surface area contributed by atoms with E-state index in [-0.39, 0.29) is 22.4 Å². The van der Waals surface area contributed by atoms with E-state index in [2.05, 4.69) is 15.5 Å². The molecule has 0 saturated heterocycles. The maximum Gasteiger partial charge on any atom is 0.234 e. The molecule has 1 aromatic heterocycles. The van der Waals surface area contributed by atoms with Gasteiger partial charge in [0.2, 0.25) is 5.91 Å². The molecule has 26 heavy (non-hydrogen) atoms. The first-order chi connectivity index (χ1) is 12.5. The van der Waals surface area contributed by atoms with Crippen molar-refractivity contribution in [2.75, 3.05) is 11.1 Å². The van der Waals surface area contributed by atoms with Crippen molar-refractivity contribution in [2.45, 2.75) is 12.1 Å². The van der Waals surface area contributed by atoms with E-state index in [1.807, 2.05) is 42.8 Å². The van der Waals surface area contributed by atoms with E-state index in [0.717, 1.165) is 23.0 Å². The highest BCUT2D eigenvalue weighted by atomic mass is 35.5. The van der Waals surface area contributed by atoms with Crippen LogP contribution in [0.1, 0.15) is 5.56 Å². The normalized spacial score (nSPS) is 10.8. The average molecular weight is 391 g/mol. The summed E-state index contributed by atoms with van der Waals surface area (Å²) in [4.78, 5) is 12.1. The Balaban J connectivity index is 1.67. The lowest BCUT2D eigenvalue weighted by molar-refractivity contribution is -0.113. The van der Waals surface area contributed by atoms with Crippen LogP contribution in [0.5, 0.6) is 0 Å². The third kappa shape index (κ3) is 4.05. The Labute approximate surface area is 159 Å². The highest BCUT2D eigenvalue weighted by Gasteiger charge is 2.15. The molecule has 0 spiro atoms. The number of aromatic nitrogens is 3. The molecule has 0 fully saturated rings. The van der Waals surface area contributed by atoms with Crippen LogP contribution in [0.2, 0.25) is 5.02 Å². The predicted octanol–water partition coefficient (Wildman–Crippen LogP) is 4.31. The van der Waals surface area contributed by atoms with Crippen LogP contribution in [0, 0.1) is 12.7 Å². The van der Waals surface area contributed by atoms with Crippen LogP contribution in [0.15, 0.2) is 47.6 Å². The van der Waals surface area contributed by atoms with Gasteiger partial charge in [0.25, 0.3) is 0 Å². The number of rotatable bonds is 5. The molecule has 0 bridgehead atoms. The van der Waals surface area contributed by atoms with Crippen molar-refractivity contribution >= 4 is 35.0 Å². The van der Waals surface area contributed by atoms with Crippen molar-refractivity contribution < 1.29 is 9.18 Å². The van der Waals surface area contributed by atoms with Crippen LogP contribution < -0.4 is 5.32 Å². The Morgan fingerprint density at radius 1 is 1.27 bits per heavy atom. The molecule has 8 heteroatoms. The quantitative estimate of drug-likeness (QED) is 0.659. The third-order valence-electron chi connectivity index (χ3n) is 3.76. The summed E-state index contributed by atoms with van der Waals surface area (Å²) in [6.07, 6.45) is 0. The number of anilines is 1. The summed E-state index contributed by atoms with van der Waals surface area (Å²) in [6, 6.07) is 12.0. The second-order valence-electron chi connectivity index (χ2n) is 5.64. The number of hydrogen-bond acceptors (Lipinski definition) is 4. The number of nitrogens with zero attached hydrogens (tertiary/aromatic N) is 3. The molecule has 1 amide bonds. The van der Waals surface area contributed by atoms with E-state index >= 15 is 0 Å². The van der Waals surface area contributed by atoms with Crippen molar-refractivity contribution in [3.05, 3.63) is 58.9 Å². The Bertz CT molecular complexity index is 960. The fourth-order valence-corrected chi connectivity index (χ4v) is 3.28. The molecule has 5 nitrogen and oxygen atoms in total. The third-order valence-corrected chi connectivity index (χ3v) is 5.01. The van der Waals surface area contributed by atoms with Crippen molar-refractivity contribution in [3.8, 4) is 11.4 Å². The molecular weight excluding hydrogens is 375 g/mol. The van der Waals surface area contributed by atoms with Crippen LogP contribution in [-0.2, 0) is 11.8 Å². The zero-order valence-electron chi connectivity index (χ0n) is 14.2. The predicted molar refractivity (Wildman–Crippen MR) is 102 cm³/mol. The maximum absolute atomic E-state index is 13.7. The zero-order chi connectivity index (χ0) is 18.7. The summed E-state index contributed by atoms with van der Waals surface area (Å²) in [5, 5.41) is 11.8. The minimum atomic E-state index is -0.573. The molecule has 1 heterocycles. The number of carbonyl (C=O) groups is 1. The fourth-order valence-electron chi connectivity index (χ4n) is 2.41. The van der Waals surface area contributed by atoms with Gasteiger partial charge < -0.3 is 9.88 Å². The number of carbonyl (C=O) groups excluding carboxylic acids is 1. The first-order valence-corrected chi connectivity index (χ1v) is 9.15. The van der Waals surface area contributed by atoms with E-state index in [9.17, 15) is 9.18 Å². The van der Waals surface area contributed by atoms with Crippen molar-refractivity contribution in [3.63, 3.8) is 0 Å².